The molecule has 208 valence electrons. The SMILES string of the molecule is N/C(=N/C(=O)OCc1ccccc1)NC(=O)c1ccc(C2CCN(C(=O)c3cccnc3)CC2)c(C(F)(F)F)c1. The number of nitrogens with two attached hydrogens (primary N) is 1. The zero-order valence-corrected chi connectivity index (χ0v) is 21.2. The number of nitrogens with zero attached hydrogens (tertiary/aromatic N) is 3. The molecule has 1 saturated heterocycles. The van der Waals surface area contributed by atoms with Gasteiger partial charge in [-0.25, -0.2) is 4.79 Å². The van der Waals surface area contributed by atoms with Gasteiger partial charge in [0.2, 0.25) is 5.96 Å². The molecule has 1 aliphatic rings. The molecule has 0 atom stereocenters. The van der Waals surface area contributed by atoms with Crippen molar-refractivity contribution < 1.29 is 32.3 Å². The Bertz CT molecular complexity index is 1390. The van der Waals surface area contributed by atoms with E-state index in [1.807, 2.05) is 0 Å². The molecular formula is C28H26F3N5O4. The van der Waals surface area contributed by atoms with Crippen molar-refractivity contribution in [3.8, 4) is 0 Å². The van der Waals surface area contributed by atoms with Crippen molar-refractivity contribution in [1.29, 1.82) is 0 Å². The lowest BCUT2D eigenvalue weighted by Gasteiger charge is -2.33. The molecule has 2 heterocycles. The lowest BCUT2D eigenvalue weighted by atomic mass is 9.85. The van der Waals surface area contributed by atoms with E-state index in [9.17, 15) is 27.6 Å². The number of benzene rings is 2. The van der Waals surface area contributed by atoms with E-state index < -0.39 is 35.6 Å². The summed E-state index contributed by atoms with van der Waals surface area (Å²) in [6.07, 6.45) is -2.15. The van der Waals surface area contributed by atoms with E-state index in [4.69, 9.17) is 10.5 Å². The third-order valence-electron chi connectivity index (χ3n) is 6.41. The molecule has 1 aromatic heterocycles. The van der Waals surface area contributed by atoms with Crippen LogP contribution in [0.1, 0.15) is 56.2 Å². The van der Waals surface area contributed by atoms with Crippen molar-refractivity contribution in [2.24, 2.45) is 10.7 Å². The molecule has 1 aliphatic heterocycles. The van der Waals surface area contributed by atoms with Gasteiger partial charge in [0.15, 0.2) is 0 Å². The number of pyridine rings is 1. The predicted molar refractivity (Wildman–Crippen MR) is 139 cm³/mol. The van der Waals surface area contributed by atoms with Gasteiger partial charge in [-0.15, -0.1) is 4.99 Å². The van der Waals surface area contributed by atoms with Gasteiger partial charge in [-0.3, -0.25) is 19.9 Å². The van der Waals surface area contributed by atoms with Crippen LogP contribution in [-0.2, 0) is 17.5 Å². The highest BCUT2D eigenvalue weighted by molar-refractivity contribution is 6.07. The molecule has 3 amide bonds. The number of hydrogen-bond donors (Lipinski definition) is 2. The lowest BCUT2D eigenvalue weighted by molar-refractivity contribution is -0.138. The van der Waals surface area contributed by atoms with E-state index in [-0.39, 0.29) is 36.7 Å². The molecule has 9 nitrogen and oxygen atoms in total. The highest BCUT2D eigenvalue weighted by Crippen LogP contribution is 2.39. The number of rotatable bonds is 5. The van der Waals surface area contributed by atoms with Crippen LogP contribution in [0.2, 0.25) is 0 Å². The van der Waals surface area contributed by atoms with Crippen molar-refractivity contribution in [2.75, 3.05) is 13.1 Å². The summed E-state index contributed by atoms with van der Waals surface area (Å²) in [5, 5.41) is 2.11. The maximum Gasteiger partial charge on any atom is 0.437 e. The normalized spacial score (nSPS) is 14.5. The summed E-state index contributed by atoms with van der Waals surface area (Å²) < 4.78 is 47.0. The number of hydrogen-bond acceptors (Lipinski definition) is 5. The van der Waals surface area contributed by atoms with E-state index in [0.29, 0.717) is 24.0 Å². The molecule has 3 aromatic rings. The molecule has 40 heavy (non-hydrogen) atoms. The Morgan fingerprint density at radius 1 is 1.02 bits per heavy atom. The second-order valence-electron chi connectivity index (χ2n) is 9.10. The van der Waals surface area contributed by atoms with E-state index in [2.05, 4.69) is 15.3 Å². The molecule has 0 aliphatic carbocycles. The van der Waals surface area contributed by atoms with Gasteiger partial charge < -0.3 is 15.4 Å². The van der Waals surface area contributed by atoms with E-state index >= 15 is 0 Å². The fourth-order valence-electron chi connectivity index (χ4n) is 4.43. The predicted octanol–water partition coefficient (Wildman–Crippen LogP) is 4.50. The van der Waals surface area contributed by atoms with Crippen LogP contribution in [0, 0.1) is 0 Å². The second-order valence-corrected chi connectivity index (χ2v) is 9.10. The van der Waals surface area contributed by atoms with Crippen LogP contribution >= 0.6 is 0 Å². The van der Waals surface area contributed by atoms with Gasteiger partial charge in [0, 0.05) is 31.0 Å². The van der Waals surface area contributed by atoms with Crippen LogP contribution in [0.3, 0.4) is 0 Å². The molecule has 3 N–H and O–H groups in total. The summed E-state index contributed by atoms with van der Waals surface area (Å²) in [6, 6.07) is 15.3. The molecule has 12 heteroatoms. The smallest absolute Gasteiger partial charge is 0.437 e. The molecule has 0 unspecified atom stereocenters. The van der Waals surface area contributed by atoms with Crippen molar-refractivity contribution in [3.05, 3.63) is 101 Å². The standard InChI is InChI=1S/C28H26F3N5O4/c29-28(30,31)23-15-20(24(37)34-26(32)35-27(39)40-17-18-5-2-1-3-6-18)8-9-22(23)19-10-13-36(14-11-19)25(38)21-7-4-12-33-16-21/h1-9,12,15-16,19H,10-11,13-14,17H2,(H3,32,34,35,37,39). The molecular weight excluding hydrogens is 527 g/mol. The number of alkyl halides is 3. The number of aromatic nitrogens is 1. The van der Waals surface area contributed by atoms with Crippen LogP contribution in [0.25, 0.3) is 0 Å². The minimum atomic E-state index is -4.73. The molecule has 1 fully saturated rings. The topological polar surface area (TPSA) is 127 Å². The number of nitrogens with one attached hydrogen (secondary N) is 1. The maximum atomic E-state index is 14.0. The van der Waals surface area contributed by atoms with E-state index in [0.717, 1.165) is 6.07 Å². The van der Waals surface area contributed by atoms with Crippen LogP contribution in [0.4, 0.5) is 18.0 Å². The molecule has 2 aromatic carbocycles. The fraction of sp³-hybridized carbons (Fsp3) is 0.250. The fourth-order valence-corrected chi connectivity index (χ4v) is 4.43. The monoisotopic (exact) mass is 553 g/mol. The number of carbonyl (C=O) groups is 3. The molecule has 0 spiro atoms. The third kappa shape index (κ3) is 7.22. The zero-order valence-electron chi connectivity index (χ0n) is 21.2. The number of halogens is 3. The first kappa shape index (κ1) is 28.3. The number of carbonyl (C=O) groups excluding carboxylic acids is 3. The highest BCUT2D eigenvalue weighted by Gasteiger charge is 2.37. The Labute approximate surface area is 227 Å². The second kappa shape index (κ2) is 12.4. The Kier molecular flexibility index (Phi) is 8.77. The first-order valence-electron chi connectivity index (χ1n) is 12.4. The van der Waals surface area contributed by atoms with Gasteiger partial charge in [0.05, 0.1) is 11.1 Å². The quantitative estimate of drug-likeness (QED) is 0.354. The Balaban J connectivity index is 1.41. The Hall–Kier alpha value is -4.74. The number of aliphatic imine (C=N–C) groups is 1. The number of piperidine rings is 1. The summed E-state index contributed by atoms with van der Waals surface area (Å²) in [7, 11) is 0. The summed E-state index contributed by atoms with van der Waals surface area (Å²) in [5.41, 5.74) is 5.50. The van der Waals surface area contributed by atoms with Crippen LogP contribution in [0.15, 0.2) is 78.0 Å². The van der Waals surface area contributed by atoms with Gasteiger partial charge in [-0.2, -0.15) is 13.2 Å². The molecule has 0 radical (unpaired) electrons. The number of likely N-dealkylation sites (tertiary alicyclic amines) is 1. The van der Waals surface area contributed by atoms with Gasteiger partial charge in [0.1, 0.15) is 6.61 Å². The Morgan fingerprint density at radius 2 is 1.75 bits per heavy atom. The number of amides is 3. The summed E-state index contributed by atoms with van der Waals surface area (Å²) in [4.78, 5) is 46.1. The Morgan fingerprint density at radius 3 is 2.40 bits per heavy atom. The maximum absolute atomic E-state index is 14.0. The average molecular weight is 554 g/mol. The van der Waals surface area contributed by atoms with Crippen LogP contribution in [-0.4, -0.2) is 46.8 Å². The highest BCUT2D eigenvalue weighted by atomic mass is 19.4. The van der Waals surface area contributed by atoms with Crippen molar-refractivity contribution in [2.45, 2.75) is 31.5 Å². The van der Waals surface area contributed by atoms with Gasteiger partial charge in [-0.1, -0.05) is 36.4 Å². The minimum absolute atomic E-state index is 0.0451. The zero-order chi connectivity index (χ0) is 28.7. The van der Waals surface area contributed by atoms with Gasteiger partial charge >= 0.3 is 12.3 Å². The molecule has 0 saturated carbocycles. The van der Waals surface area contributed by atoms with E-state index in [1.54, 1.807) is 53.6 Å². The average Bonchev–Trinajstić information content (AvgIpc) is 2.96. The van der Waals surface area contributed by atoms with Crippen LogP contribution < -0.4 is 11.1 Å². The van der Waals surface area contributed by atoms with Crippen molar-refractivity contribution >= 4 is 23.9 Å². The van der Waals surface area contributed by atoms with Gasteiger partial charge in [-0.05, 0) is 54.2 Å². The minimum Gasteiger partial charge on any atom is -0.443 e. The summed E-state index contributed by atoms with van der Waals surface area (Å²) in [5.74, 6) is -2.27. The third-order valence-corrected chi connectivity index (χ3v) is 6.41. The van der Waals surface area contributed by atoms with Crippen molar-refractivity contribution in [3.63, 3.8) is 0 Å². The first-order chi connectivity index (χ1) is 19.1. The molecule has 0 bridgehead atoms. The number of ether oxygens (including phenoxy) is 1. The van der Waals surface area contributed by atoms with Gasteiger partial charge in [0.25, 0.3) is 11.8 Å². The summed E-state index contributed by atoms with van der Waals surface area (Å²) >= 11 is 0. The van der Waals surface area contributed by atoms with Crippen molar-refractivity contribution in [1.82, 2.24) is 15.2 Å². The van der Waals surface area contributed by atoms with Crippen LogP contribution in [0.5, 0.6) is 0 Å². The summed E-state index contributed by atoms with van der Waals surface area (Å²) in [6.45, 7) is 0.494. The lowest BCUT2D eigenvalue weighted by Crippen LogP contribution is -2.38. The number of guanidine groups is 1. The van der Waals surface area contributed by atoms with E-state index in [1.165, 1.54) is 18.3 Å². The first-order valence-corrected chi connectivity index (χ1v) is 12.4. The largest absolute Gasteiger partial charge is 0.443 e. The molecule has 4 rings (SSSR count).